The summed E-state index contributed by atoms with van der Waals surface area (Å²) >= 11 is 0. The van der Waals surface area contributed by atoms with Crippen LogP contribution in [-0.2, 0) is 6.54 Å². The van der Waals surface area contributed by atoms with Crippen molar-refractivity contribution in [3.63, 3.8) is 0 Å². The number of β-amino-alcohol motifs (C(OH)–C–C–N with tert-alkyl or cyclic N) is 1. The van der Waals surface area contributed by atoms with Crippen molar-refractivity contribution >= 4 is 0 Å². The Hall–Kier alpha value is -0.940. The molecule has 0 amide bonds. The highest BCUT2D eigenvalue weighted by Crippen LogP contribution is 2.13. The summed E-state index contributed by atoms with van der Waals surface area (Å²) in [6, 6.07) is 10.2. The minimum atomic E-state index is -0.393. The molecule has 1 aliphatic heterocycles. The Balaban J connectivity index is 1.89. The number of nitrogens with one attached hydrogen (secondary N) is 1. The number of aliphatic hydroxyl groups is 2. The van der Waals surface area contributed by atoms with Crippen LogP contribution in [0.25, 0.3) is 0 Å². The maximum absolute atomic E-state index is 9.75. The summed E-state index contributed by atoms with van der Waals surface area (Å²) in [5.41, 5.74) is 1.25. The zero-order valence-electron chi connectivity index (χ0n) is 9.21. The summed E-state index contributed by atoms with van der Waals surface area (Å²) in [4.78, 5) is 2.19. The fourth-order valence-electron chi connectivity index (χ4n) is 2.15. The van der Waals surface area contributed by atoms with Crippen molar-refractivity contribution in [3.8, 4) is 0 Å². The molecule has 0 radical (unpaired) electrons. The Morgan fingerprint density at radius 3 is 2.69 bits per heavy atom. The normalized spacial score (nSPS) is 26.1. The maximum atomic E-state index is 9.75. The van der Waals surface area contributed by atoms with Crippen LogP contribution in [0, 0.1) is 0 Å². The van der Waals surface area contributed by atoms with Gasteiger partial charge in [-0.25, -0.2) is 0 Å². The van der Waals surface area contributed by atoms with E-state index in [1.807, 2.05) is 18.2 Å². The highest BCUT2D eigenvalue weighted by molar-refractivity contribution is 5.14. The lowest BCUT2D eigenvalue weighted by Gasteiger charge is -2.15. The number of likely N-dealkylation sites (tertiary alicyclic amines) is 1. The van der Waals surface area contributed by atoms with E-state index in [1.54, 1.807) is 0 Å². The zero-order chi connectivity index (χ0) is 11.4. The van der Waals surface area contributed by atoms with E-state index in [0.717, 1.165) is 13.1 Å². The van der Waals surface area contributed by atoms with E-state index in [-0.39, 0.29) is 12.8 Å². The van der Waals surface area contributed by atoms with Gasteiger partial charge in [-0.05, 0) is 5.56 Å². The summed E-state index contributed by atoms with van der Waals surface area (Å²) in [5.74, 6) is 0. The van der Waals surface area contributed by atoms with E-state index in [0.29, 0.717) is 6.54 Å². The predicted molar refractivity (Wildman–Crippen MR) is 61.7 cm³/mol. The number of rotatable bonds is 4. The minimum absolute atomic E-state index is 0.0197. The molecule has 3 N–H and O–H groups in total. The first-order valence-electron chi connectivity index (χ1n) is 5.58. The van der Waals surface area contributed by atoms with Crippen LogP contribution in [0.4, 0.5) is 0 Å². The molecular weight excluding hydrogens is 204 g/mol. The van der Waals surface area contributed by atoms with Crippen molar-refractivity contribution in [1.82, 2.24) is 10.2 Å². The van der Waals surface area contributed by atoms with Crippen LogP contribution in [0.5, 0.6) is 0 Å². The molecule has 2 rings (SSSR count). The van der Waals surface area contributed by atoms with Crippen LogP contribution in [0.1, 0.15) is 5.56 Å². The smallest absolute Gasteiger partial charge is 0.0934 e. The molecule has 0 aliphatic carbocycles. The number of benzene rings is 1. The highest BCUT2D eigenvalue weighted by atomic mass is 16.3. The molecule has 0 aromatic heterocycles. The SMILES string of the molecule is OCNC1CN(Cc2ccccc2)CC1O. The number of nitrogens with zero attached hydrogens (tertiary/aromatic N) is 1. The molecule has 2 unspecified atom stereocenters. The van der Waals surface area contributed by atoms with Gasteiger partial charge < -0.3 is 10.2 Å². The quantitative estimate of drug-likeness (QED) is 0.616. The van der Waals surface area contributed by atoms with Gasteiger partial charge in [0.2, 0.25) is 0 Å². The second-order valence-electron chi connectivity index (χ2n) is 4.22. The van der Waals surface area contributed by atoms with E-state index in [4.69, 9.17) is 5.11 Å². The molecule has 4 nitrogen and oxygen atoms in total. The van der Waals surface area contributed by atoms with Crippen molar-refractivity contribution in [3.05, 3.63) is 35.9 Å². The molecule has 0 bridgehead atoms. The summed E-state index contributed by atoms with van der Waals surface area (Å²) in [6.45, 7) is 2.20. The van der Waals surface area contributed by atoms with Gasteiger partial charge in [0.05, 0.1) is 12.8 Å². The first-order valence-corrected chi connectivity index (χ1v) is 5.58. The maximum Gasteiger partial charge on any atom is 0.0934 e. The lowest BCUT2D eigenvalue weighted by Crippen LogP contribution is -2.39. The fourth-order valence-corrected chi connectivity index (χ4v) is 2.15. The van der Waals surface area contributed by atoms with Crippen molar-refractivity contribution in [2.45, 2.75) is 18.7 Å². The van der Waals surface area contributed by atoms with Gasteiger partial charge in [-0.3, -0.25) is 10.2 Å². The van der Waals surface area contributed by atoms with Gasteiger partial charge in [-0.1, -0.05) is 30.3 Å². The first kappa shape index (κ1) is 11.5. The molecule has 0 spiro atoms. The van der Waals surface area contributed by atoms with Crippen LogP contribution in [0.3, 0.4) is 0 Å². The molecule has 1 fully saturated rings. The molecular formula is C12H18N2O2. The Bertz CT molecular complexity index is 318. The van der Waals surface area contributed by atoms with Crippen molar-refractivity contribution in [1.29, 1.82) is 0 Å². The van der Waals surface area contributed by atoms with Gasteiger partial charge in [-0.15, -0.1) is 0 Å². The molecule has 1 aliphatic rings. The molecule has 1 aromatic carbocycles. The molecule has 2 atom stereocenters. The summed E-state index contributed by atoms with van der Waals surface area (Å²) in [7, 11) is 0. The van der Waals surface area contributed by atoms with Gasteiger partial charge in [0.1, 0.15) is 0 Å². The highest BCUT2D eigenvalue weighted by Gasteiger charge is 2.30. The predicted octanol–water partition coefficient (Wildman–Crippen LogP) is -0.229. The van der Waals surface area contributed by atoms with E-state index >= 15 is 0 Å². The third-order valence-electron chi connectivity index (χ3n) is 2.97. The molecule has 1 saturated heterocycles. The zero-order valence-corrected chi connectivity index (χ0v) is 9.21. The second kappa shape index (κ2) is 5.41. The standard InChI is InChI=1S/C12H18N2O2/c15-9-13-11-7-14(8-12(11)16)6-10-4-2-1-3-5-10/h1-5,11-13,15-16H,6-9H2. The number of hydrogen-bond acceptors (Lipinski definition) is 4. The molecule has 4 heteroatoms. The monoisotopic (exact) mass is 222 g/mol. The van der Waals surface area contributed by atoms with Crippen LogP contribution in [0.2, 0.25) is 0 Å². The van der Waals surface area contributed by atoms with Crippen LogP contribution in [0.15, 0.2) is 30.3 Å². The van der Waals surface area contributed by atoms with E-state index in [1.165, 1.54) is 5.56 Å². The second-order valence-corrected chi connectivity index (χ2v) is 4.22. The van der Waals surface area contributed by atoms with Gasteiger partial charge in [0.25, 0.3) is 0 Å². The van der Waals surface area contributed by atoms with Gasteiger partial charge in [-0.2, -0.15) is 0 Å². The molecule has 88 valence electrons. The lowest BCUT2D eigenvalue weighted by atomic mass is 10.2. The molecule has 1 heterocycles. The minimum Gasteiger partial charge on any atom is -0.390 e. The fraction of sp³-hybridized carbons (Fsp3) is 0.500. The van der Waals surface area contributed by atoms with Crippen molar-refractivity contribution in [2.24, 2.45) is 0 Å². The van der Waals surface area contributed by atoms with E-state index < -0.39 is 6.10 Å². The first-order chi connectivity index (χ1) is 7.79. The molecule has 16 heavy (non-hydrogen) atoms. The third kappa shape index (κ3) is 2.80. The van der Waals surface area contributed by atoms with Crippen molar-refractivity contribution in [2.75, 3.05) is 19.8 Å². The summed E-state index contributed by atoms with van der Waals surface area (Å²) in [5, 5.41) is 21.4. The average Bonchev–Trinajstić information content (AvgIpc) is 2.61. The van der Waals surface area contributed by atoms with E-state index in [2.05, 4.69) is 22.3 Å². The van der Waals surface area contributed by atoms with Gasteiger partial charge in [0, 0.05) is 25.7 Å². The number of hydrogen-bond donors (Lipinski definition) is 3. The van der Waals surface area contributed by atoms with E-state index in [9.17, 15) is 5.11 Å². The summed E-state index contributed by atoms with van der Waals surface area (Å²) < 4.78 is 0. The lowest BCUT2D eigenvalue weighted by molar-refractivity contribution is 0.135. The van der Waals surface area contributed by atoms with Crippen molar-refractivity contribution < 1.29 is 10.2 Å². The van der Waals surface area contributed by atoms with Crippen LogP contribution < -0.4 is 5.32 Å². The molecule has 0 saturated carbocycles. The van der Waals surface area contributed by atoms with Gasteiger partial charge >= 0.3 is 0 Å². The Morgan fingerprint density at radius 1 is 1.25 bits per heavy atom. The third-order valence-corrected chi connectivity index (χ3v) is 2.97. The Labute approximate surface area is 95.5 Å². The average molecular weight is 222 g/mol. The Morgan fingerprint density at radius 2 is 2.00 bits per heavy atom. The van der Waals surface area contributed by atoms with Gasteiger partial charge in [0.15, 0.2) is 0 Å². The largest absolute Gasteiger partial charge is 0.390 e. The topological polar surface area (TPSA) is 55.7 Å². The van der Waals surface area contributed by atoms with Crippen LogP contribution >= 0.6 is 0 Å². The molecule has 1 aromatic rings. The Kier molecular flexibility index (Phi) is 3.90. The van der Waals surface area contributed by atoms with Crippen LogP contribution in [-0.4, -0.2) is 47.1 Å². The summed E-state index contributed by atoms with van der Waals surface area (Å²) in [6.07, 6.45) is -0.393. The number of aliphatic hydroxyl groups excluding tert-OH is 2.